The summed E-state index contributed by atoms with van der Waals surface area (Å²) in [5.41, 5.74) is -2.15. The topological polar surface area (TPSA) is 89.9 Å². The second-order valence-electron chi connectivity index (χ2n) is 7.18. The summed E-state index contributed by atoms with van der Waals surface area (Å²) in [6.07, 6.45) is 0. The van der Waals surface area contributed by atoms with Gasteiger partial charge in [0.1, 0.15) is 5.75 Å². The summed E-state index contributed by atoms with van der Waals surface area (Å²) in [6.45, 7) is 5.50. The minimum absolute atomic E-state index is 0.176. The van der Waals surface area contributed by atoms with E-state index in [2.05, 4.69) is 0 Å². The van der Waals surface area contributed by atoms with E-state index in [-0.39, 0.29) is 5.78 Å². The van der Waals surface area contributed by atoms with Crippen LogP contribution in [-0.2, 0) is 14.3 Å². The van der Waals surface area contributed by atoms with Gasteiger partial charge in [-0.3, -0.25) is 4.79 Å². The molecule has 7 heteroatoms. The van der Waals surface area contributed by atoms with Crippen LogP contribution in [0.2, 0.25) is 5.02 Å². The fourth-order valence-corrected chi connectivity index (χ4v) is 2.30. The number of rotatable bonds is 7. The first-order valence-corrected chi connectivity index (χ1v) is 8.86. The summed E-state index contributed by atoms with van der Waals surface area (Å²) < 4.78 is 10.7. The van der Waals surface area contributed by atoms with Crippen molar-refractivity contribution in [3.63, 3.8) is 0 Å². The van der Waals surface area contributed by atoms with Crippen molar-refractivity contribution in [2.24, 2.45) is 0 Å². The largest absolute Gasteiger partial charge is 0.478 e. The lowest BCUT2D eigenvalue weighted by molar-refractivity contribution is -0.184. The molecule has 2 rings (SSSR count). The molecule has 148 valence electrons. The Kier molecular flexibility index (Phi) is 6.14. The average molecular weight is 405 g/mol. The van der Waals surface area contributed by atoms with E-state index in [0.29, 0.717) is 21.9 Å². The second kappa shape index (κ2) is 8.02. The van der Waals surface area contributed by atoms with Gasteiger partial charge in [0.25, 0.3) is 0 Å². The first kappa shape index (κ1) is 21.4. The molecule has 0 aliphatic heterocycles. The van der Waals surface area contributed by atoms with Gasteiger partial charge in [-0.1, -0.05) is 11.6 Å². The van der Waals surface area contributed by atoms with E-state index in [4.69, 9.17) is 26.2 Å². The zero-order valence-corrected chi connectivity index (χ0v) is 16.7. The molecule has 1 N–H and O–H groups in total. The Morgan fingerprint density at radius 1 is 0.821 bits per heavy atom. The molecule has 0 amide bonds. The maximum atomic E-state index is 12.5. The van der Waals surface area contributed by atoms with Crippen LogP contribution in [0.5, 0.6) is 5.75 Å². The highest BCUT2D eigenvalue weighted by atomic mass is 35.5. The normalized spacial score (nSPS) is 11.6. The molecular weight excluding hydrogens is 384 g/mol. The number of ketones is 1. The van der Waals surface area contributed by atoms with Crippen molar-refractivity contribution in [3.8, 4) is 5.75 Å². The molecule has 0 aromatic heterocycles. The second-order valence-corrected chi connectivity index (χ2v) is 7.61. The molecule has 0 saturated heterocycles. The smallest absolute Gasteiger partial charge is 0.350 e. The Morgan fingerprint density at radius 2 is 1.29 bits per heavy atom. The van der Waals surface area contributed by atoms with Gasteiger partial charge in [0, 0.05) is 16.1 Å². The van der Waals surface area contributed by atoms with E-state index >= 15 is 0 Å². The van der Waals surface area contributed by atoms with E-state index < -0.39 is 23.1 Å². The van der Waals surface area contributed by atoms with Gasteiger partial charge in [-0.25, -0.2) is 9.59 Å². The minimum atomic E-state index is -1.67. The Labute approximate surface area is 168 Å². The molecule has 0 atom stereocenters. The highest BCUT2D eigenvalue weighted by Gasteiger charge is 2.39. The van der Waals surface area contributed by atoms with Crippen molar-refractivity contribution in [3.05, 3.63) is 64.7 Å². The van der Waals surface area contributed by atoms with Crippen LogP contribution in [0.15, 0.2) is 48.5 Å². The van der Waals surface area contributed by atoms with Gasteiger partial charge in [0.2, 0.25) is 5.60 Å². The molecule has 0 spiro atoms. The molecule has 0 saturated carbocycles. The van der Waals surface area contributed by atoms with Crippen LogP contribution in [-0.4, -0.2) is 34.0 Å². The van der Waals surface area contributed by atoms with E-state index in [1.165, 1.54) is 27.7 Å². The molecule has 6 nitrogen and oxygen atoms in total. The molecule has 28 heavy (non-hydrogen) atoms. The van der Waals surface area contributed by atoms with E-state index in [1.54, 1.807) is 48.5 Å². The number of esters is 1. The van der Waals surface area contributed by atoms with E-state index in [1.807, 2.05) is 0 Å². The lowest BCUT2D eigenvalue weighted by Gasteiger charge is -2.28. The molecule has 0 bridgehead atoms. The summed E-state index contributed by atoms with van der Waals surface area (Å²) in [7, 11) is 0. The predicted molar refractivity (Wildman–Crippen MR) is 104 cm³/mol. The molecule has 0 radical (unpaired) electrons. The Bertz CT molecular complexity index is 882. The molecule has 0 heterocycles. The first-order chi connectivity index (χ1) is 12.9. The van der Waals surface area contributed by atoms with Crippen molar-refractivity contribution in [2.75, 3.05) is 0 Å². The number of carbonyl (C=O) groups excluding carboxylic acids is 2. The quantitative estimate of drug-likeness (QED) is 0.551. The van der Waals surface area contributed by atoms with E-state index in [9.17, 15) is 14.4 Å². The fraction of sp³-hybridized carbons (Fsp3) is 0.286. The third kappa shape index (κ3) is 5.10. The standard InChI is InChI=1S/C21H21ClO6/c1-20(2,18(24)25)28-19(26)21(3,4)27-16-11-7-14(8-12-16)17(23)13-5-9-15(22)10-6-13/h5-12H,1-4H3,(H,24,25). The summed E-state index contributed by atoms with van der Waals surface area (Å²) in [6, 6.07) is 12.8. The third-order valence-electron chi connectivity index (χ3n) is 3.95. The van der Waals surface area contributed by atoms with Gasteiger partial charge < -0.3 is 14.6 Å². The molecule has 0 aliphatic rings. The Balaban J connectivity index is 2.10. The van der Waals surface area contributed by atoms with Gasteiger partial charge in [0.15, 0.2) is 11.4 Å². The number of hydrogen-bond donors (Lipinski definition) is 1. The van der Waals surface area contributed by atoms with Crippen molar-refractivity contribution in [2.45, 2.75) is 38.9 Å². The molecular formula is C21H21ClO6. The van der Waals surface area contributed by atoms with Crippen LogP contribution >= 0.6 is 11.6 Å². The number of hydrogen-bond acceptors (Lipinski definition) is 5. The summed E-state index contributed by atoms with van der Waals surface area (Å²) in [5.74, 6) is -1.92. The van der Waals surface area contributed by atoms with E-state index in [0.717, 1.165) is 0 Å². The number of benzene rings is 2. The summed E-state index contributed by atoms with van der Waals surface area (Å²) in [4.78, 5) is 35.9. The van der Waals surface area contributed by atoms with Gasteiger partial charge in [0.05, 0.1) is 0 Å². The maximum absolute atomic E-state index is 12.5. The lowest BCUT2D eigenvalue weighted by atomic mass is 10.0. The highest BCUT2D eigenvalue weighted by Crippen LogP contribution is 2.23. The van der Waals surface area contributed by atoms with Gasteiger partial charge in [-0.05, 0) is 76.2 Å². The van der Waals surface area contributed by atoms with Crippen molar-refractivity contribution in [1.29, 1.82) is 0 Å². The zero-order chi connectivity index (χ0) is 21.1. The van der Waals surface area contributed by atoms with Crippen molar-refractivity contribution >= 4 is 29.3 Å². The third-order valence-corrected chi connectivity index (χ3v) is 4.20. The zero-order valence-electron chi connectivity index (χ0n) is 16.0. The van der Waals surface area contributed by atoms with Gasteiger partial charge >= 0.3 is 11.9 Å². The maximum Gasteiger partial charge on any atom is 0.350 e. The van der Waals surface area contributed by atoms with Crippen LogP contribution in [0.25, 0.3) is 0 Å². The Hall–Kier alpha value is -2.86. The van der Waals surface area contributed by atoms with Crippen molar-refractivity contribution < 1.29 is 29.0 Å². The predicted octanol–water partition coefficient (Wildman–Crippen LogP) is 4.13. The van der Waals surface area contributed by atoms with Crippen LogP contribution in [0.4, 0.5) is 0 Å². The summed E-state index contributed by atoms with van der Waals surface area (Å²) >= 11 is 5.83. The molecule has 0 aliphatic carbocycles. The van der Waals surface area contributed by atoms with Crippen LogP contribution in [0, 0.1) is 0 Å². The van der Waals surface area contributed by atoms with Crippen molar-refractivity contribution in [1.82, 2.24) is 0 Å². The number of carboxylic acid groups (broad SMARTS) is 1. The first-order valence-electron chi connectivity index (χ1n) is 8.48. The Morgan fingerprint density at radius 3 is 1.75 bits per heavy atom. The van der Waals surface area contributed by atoms with Gasteiger partial charge in [-0.15, -0.1) is 0 Å². The van der Waals surface area contributed by atoms with Crippen LogP contribution in [0.1, 0.15) is 43.6 Å². The van der Waals surface area contributed by atoms with Gasteiger partial charge in [-0.2, -0.15) is 0 Å². The number of aliphatic carboxylic acids is 1. The molecule has 0 fully saturated rings. The molecule has 2 aromatic rings. The summed E-state index contributed by atoms with van der Waals surface area (Å²) in [5, 5.41) is 9.62. The van der Waals surface area contributed by atoms with Crippen LogP contribution < -0.4 is 4.74 Å². The number of carbonyl (C=O) groups is 3. The molecule has 2 aromatic carbocycles. The van der Waals surface area contributed by atoms with Crippen LogP contribution in [0.3, 0.4) is 0 Å². The highest BCUT2D eigenvalue weighted by molar-refractivity contribution is 6.30. The lowest BCUT2D eigenvalue weighted by Crippen LogP contribution is -2.46. The molecule has 0 unspecified atom stereocenters. The number of halogens is 1. The minimum Gasteiger partial charge on any atom is -0.478 e. The fourth-order valence-electron chi connectivity index (χ4n) is 2.18. The number of carboxylic acids is 1. The average Bonchev–Trinajstić information content (AvgIpc) is 2.61. The SMILES string of the molecule is CC(C)(OC(=O)C(C)(C)Oc1ccc(C(=O)c2ccc(Cl)cc2)cc1)C(=O)O. The monoisotopic (exact) mass is 404 g/mol. The number of ether oxygens (including phenoxy) is 2.